The standard InChI is InChI=1S/C18H12Cl2N4O/c19-14-3-4-16(15(20)8-14)24-7-5-13(9-21)17(24)18(25)23-11-12-2-1-6-22-10-12/h1-8,10H,11H2,(H,23,25). The van der Waals surface area contributed by atoms with Crippen molar-refractivity contribution >= 4 is 29.1 Å². The second kappa shape index (κ2) is 7.39. The predicted octanol–water partition coefficient (Wildman–Crippen LogP) is 3.98. The third-order valence-electron chi connectivity index (χ3n) is 3.57. The number of amides is 1. The molecule has 0 aliphatic rings. The van der Waals surface area contributed by atoms with Crippen molar-refractivity contribution in [3.8, 4) is 11.8 Å². The van der Waals surface area contributed by atoms with Crippen LogP contribution in [0.2, 0.25) is 10.0 Å². The molecule has 124 valence electrons. The highest BCUT2D eigenvalue weighted by Gasteiger charge is 2.19. The second-order valence-electron chi connectivity index (χ2n) is 5.20. The van der Waals surface area contributed by atoms with Gasteiger partial charge >= 0.3 is 0 Å². The summed E-state index contributed by atoms with van der Waals surface area (Å²) >= 11 is 12.2. The molecule has 0 unspecified atom stereocenters. The van der Waals surface area contributed by atoms with Gasteiger partial charge in [0.15, 0.2) is 0 Å². The number of pyridine rings is 1. The summed E-state index contributed by atoms with van der Waals surface area (Å²) in [6.07, 6.45) is 4.96. The number of nitrogens with zero attached hydrogens (tertiary/aromatic N) is 3. The van der Waals surface area contributed by atoms with Gasteiger partial charge < -0.3 is 9.88 Å². The van der Waals surface area contributed by atoms with E-state index >= 15 is 0 Å². The minimum atomic E-state index is -0.378. The van der Waals surface area contributed by atoms with Crippen LogP contribution in [0, 0.1) is 11.3 Å². The number of rotatable bonds is 4. The van der Waals surface area contributed by atoms with E-state index in [2.05, 4.69) is 10.3 Å². The summed E-state index contributed by atoms with van der Waals surface area (Å²) in [4.78, 5) is 16.7. The first-order chi connectivity index (χ1) is 12.1. The van der Waals surface area contributed by atoms with E-state index in [0.29, 0.717) is 22.3 Å². The molecule has 5 nitrogen and oxygen atoms in total. The highest BCUT2D eigenvalue weighted by Crippen LogP contribution is 2.27. The molecule has 3 aromatic rings. The van der Waals surface area contributed by atoms with Gasteiger partial charge in [-0.2, -0.15) is 5.26 Å². The first kappa shape index (κ1) is 17.0. The summed E-state index contributed by atoms with van der Waals surface area (Å²) in [7, 11) is 0. The summed E-state index contributed by atoms with van der Waals surface area (Å²) < 4.78 is 1.58. The highest BCUT2D eigenvalue weighted by atomic mass is 35.5. The first-order valence-corrected chi connectivity index (χ1v) is 8.09. The van der Waals surface area contributed by atoms with Gasteiger partial charge in [-0.25, -0.2) is 0 Å². The first-order valence-electron chi connectivity index (χ1n) is 7.34. The highest BCUT2D eigenvalue weighted by molar-refractivity contribution is 6.35. The molecule has 2 heterocycles. The van der Waals surface area contributed by atoms with Crippen LogP contribution in [0.4, 0.5) is 0 Å². The number of hydrogen-bond acceptors (Lipinski definition) is 3. The molecule has 0 aliphatic carbocycles. The number of halogens is 2. The molecule has 2 aromatic heterocycles. The van der Waals surface area contributed by atoms with Crippen molar-refractivity contribution in [2.24, 2.45) is 0 Å². The number of nitrogens with one attached hydrogen (secondary N) is 1. The Morgan fingerprint density at radius 2 is 2.12 bits per heavy atom. The molecule has 25 heavy (non-hydrogen) atoms. The van der Waals surface area contributed by atoms with E-state index in [9.17, 15) is 10.1 Å². The maximum atomic E-state index is 12.7. The van der Waals surface area contributed by atoms with Crippen LogP contribution in [-0.4, -0.2) is 15.5 Å². The van der Waals surface area contributed by atoms with Crippen LogP contribution >= 0.6 is 23.2 Å². The molecular weight excluding hydrogens is 359 g/mol. The minimum Gasteiger partial charge on any atom is -0.347 e. The van der Waals surface area contributed by atoms with Crippen LogP contribution in [0.25, 0.3) is 5.69 Å². The maximum Gasteiger partial charge on any atom is 0.269 e. The summed E-state index contributed by atoms with van der Waals surface area (Å²) in [6, 6.07) is 12.2. The van der Waals surface area contributed by atoms with Crippen molar-refractivity contribution in [1.29, 1.82) is 5.26 Å². The average molecular weight is 371 g/mol. The van der Waals surface area contributed by atoms with Gasteiger partial charge in [0.1, 0.15) is 11.8 Å². The summed E-state index contributed by atoms with van der Waals surface area (Å²) in [5.41, 5.74) is 1.90. The predicted molar refractivity (Wildman–Crippen MR) is 95.9 cm³/mol. The number of aromatic nitrogens is 2. The number of nitriles is 1. The van der Waals surface area contributed by atoms with Crippen LogP contribution in [0.5, 0.6) is 0 Å². The van der Waals surface area contributed by atoms with E-state index in [1.54, 1.807) is 53.5 Å². The van der Waals surface area contributed by atoms with E-state index in [0.717, 1.165) is 5.56 Å². The van der Waals surface area contributed by atoms with Gasteiger partial charge in [-0.1, -0.05) is 29.3 Å². The van der Waals surface area contributed by atoms with Gasteiger partial charge in [0.25, 0.3) is 5.91 Å². The van der Waals surface area contributed by atoms with Crippen LogP contribution in [0.15, 0.2) is 55.0 Å². The van der Waals surface area contributed by atoms with Gasteiger partial charge in [-0.15, -0.1) is 0 Å². The Bertz CT molecular complexity index is 961. The molecule has 1 N–H and O–H groups in total. The molecule has 0 saturated carbocycles. The van der Waals surface area contributed by atoms with Gasteiger partial charge in [-0.05, 0) is 35.9 Å². The fourth-order valence-corrected chi connectivity index (χ4v) is 2.90. The van der Waals surface area contributed by atoms with E-state index in [4.69, 9.17) is 23.2 Å². The summed E-state index contributed by atoms with van der Waals surface area (Å²) in [5, 5.41) is 13.0. The molecule has 0 bridgehead atoms. The van der Waals surface area contributed by atoms with Crippen molar-refractivity contribution in [2.75, 3.05) is 0 Å². The molecule has 3 rings (SSSR count). The lowest BCUT2D eigenvalue weighted by Gasteiger charge is -2.12. The quantitative estimate of drug-likeness (QED) is 0.754. The van der Waals surface area contributed by atoms with Gasteiger partial charge in [0.2, 0.25) is 0 Å². The minimum absolute atomic E-state index is 0.218. The topological polar surface area (TPSA) is 70.7 Å². The molecule has 0 aliphatic heterocycles. The fraction of sp³-hybridized carbons (Fsp3) is 0.0556. The largest absolute Gasteiger partial charge is 0.347 e. The molecule has 0 radical (unpaired) electrons. The Morgan fingerprint density at radius 3 is 2.80 bits per heavy atom. The third-order valence-corrected chi connectivity index (χ3v) is 4.10. The zero-order chi connectivity index (χ0) is 17.8. The summed E-state index contributed by atoms with van der Waals surface area (Å²) in [6.45, 7) is 0.303. The van der Waals surface area contributed by atoms with Crippen molar-refractivity contribution in [1.82, 2.24) is 14.9 Å². The molecule has 1 amide bonds. The van der Waals surface area contributed by atoms with Crippen LogP contribution in [0.1, 0.15) is 21.6 Å². The molecule has 0 saturated heterocycles. The molecule has 0 atom stereocenters. The SMILES string of the molecule is N#Cc1ccn(-c2ccc(Cl)cc2Cl)c1C(=O)NCc1cccnc1. The Morgan fingerprint density at radius 1 is 1.28 bits per heavy atom. The van der Waals surface area contributed by atoms with Gasteiger partial charge in [0, 0.05) is 30.2 Å². The fourth-order valence-electron chi connectivity index (χ4n) is 2.40. The van der Waals surface area contributed by atoms with E-state index < -0.39 is 0 Å². The molecule has 7 heteroatoms. The van der Waals surface area contributed by atoms with E-state index in [1.165, 1.54) is 0 Å². The monoisotopic (exact) mass is 370 g/mol. The molecule has 0 spiro atoms. The van der Waals surface area contributed by atoms with Crippen LogP contribution in [-0.2, 0) is 6.54 Å². The van der Waals surface area contributed by atoms with Crippen LogP contribution in [0.3, 0.4) is 0 Å². The van der Waals surface area contributed by atoms with Gasteiger partial charge in [0.05, 0.1) is 16.3 Å². The lowest BCUT2D eigenvalue weighted by atomic mass is 10.2. The number of carbonyl (C=O) groups is 1. The summed E-state index contributed by atoms with van der Waals surface area (Å²) in [5.74, 6) is -0.378. The Hall–Kier alpha value is -2.81. The average Bonchev–Trinajstić information content (AvgIpc) is 3.04. The normalized spacial score (nSPS) is 10.3. The molecule has 0 fully saturated rings. The molecular formula is C18H12Cl2N4O. The van der Waals surface area contributed by atoms with E-state index in [1.807, 2.05) is 12.1 Å². The Labute approximate surface area is 154 Å². The van der Waals surface area contributed by atoms with Gasteiger partial charge in [-0.3, -0.25) is 9.78 Å². The number of benzene rings is 1. The lowest BCUT2D eigenvalue weighted by Crippen LogP contribution is -2.26. The third kappa shape index (κ3) is 3.66. The van der Waals surface area contributed by atoms with Crippen molar-refractivity contribution in [3.63, 3.8) is 0 Å². The number of carbonyl (C=O) groups excluding carboxylic acids is 1. The Balaban J connectivity index is 1.93. The van der Waals surface area contributed by atoms with Crippen molar-refractivity contribution < 1.29 is 4.79 Å². The second-order valence-corrected chi connectivity index (χ2v) is 6.04. The Kier molecular flexibility index (Phi) is 5.03. The van der Waals surface area contributed by atoms with Crippen LogP contribution < -0.4 is 5.32 Å². The molecule has 1 aromatic carbocycles. The van der Waals surface area contributed by atoms with Crippen molar-refractivity contribution in [2.45, 2.75) is 6.54 Å². The maximum absolute atomic E-state index is 12.7. The number of hydrogen-bond donors (Lipinski definition) is 1. The van der Waals surface area contributed by atoms with E-state index in [-0.39, 0.29) is 17.2 Å². The zero-order valence-electron chi connectivity index (χ0n) is 12.9. The zero-order valence-corrected chi connectivity index (χ0v) is 14.4. The lowest BCUT2D eigenvalue weighted by molar-refractivity contribution is 0.0944. The smallest absolute Gasteiger partial charge is 0.269 e. The van der Waals surface area contributed by atoms with Crippen molar-refractivity contribution in [3.05, 3.63) is 81.9 Å².